The summed E-state index contributed by atoms with van der Waals surface area (Å²) in [6.45, 7) is 2.07. The summed E-state index contributed by atoms with van der Waals surface area (Å²) in [5.74, 6) is -1.94. The Morgan fingerprint density at radius 3 is 2.47 bits per heavy atom. The van der Waals surface area contributed by atoms with Gasteiger partial charge in [-0.15, -0.1) is 0 Å². The fourth-order valence-corrected chi connectivity index (χ4v) is 3.65. The van der Waals surface area contributed by atoms with E-state index in [4.69, 9.17) is 16.3 Å². The van der Waals surface area contributed by atoms with Gasteiger partial charge >= 0.3 is 5.97 Å². The van der Waals surface area contributed by atoms with Crippen LogP contribution in [0.4, 0.5) is 8.78 Å². The molecule has 0 saturated carbocycles. The molecule has 7 heteroatoms. The molecular weight excluding hydrogens is 436 g/mol. The van der Waals surface area contributed by atoms with Crippen LogP contribution in [0.15, 0.2) is 72.8 Å². The summed E-state index contributed by atoms with van der Waals surface area (Å²) in [6, 6.07) is 18.9. The van der Waals surface area contributed by atoms with Crippen molar-refractivity contribution in [2.45, 2.75) is 13.5 Å². The van der Waals surface area contributed by atoms with Crippen molar-refractivity contribution in [2.75, 3.05) is 0 Å². The van der Waals surface area contributed by atoms with Crippen molar-refractivity contribution in [3.8, 4) is 22.7 Å². The maximum Gasteiger partial charge on any atom is 0.338 e. The van der Waals surface area contributed by atoms with Crippen LogP contribution >= 0.6 is 11.6 Å². The Labute approximate surface area is 188 Å². The Morgan fingerprint density at radius 1 is 1.00 bits per heavy atom. The van der Waals surface area contributed by atoms with E-state index in [9.17, 15) is 18.7 Å². The van der Waals surface area contributed by atoms with E-state index in [0.717, 1.165) is 17.3 Å². The summed E-state index contributed by atoms with van der Waals surface area (Å²) in [4.78, 5) is 11.4. The summed E-state index contributed by atoms with van der Waals surface area (Å²) in [5, 5.41) is 9.80. The summed E-state index contributed by atoms with van der Waals surface area (Å²) in [6.07, 6.45) is 0. The molecule has 0 radical (unpaired) electrons. The normalized spacial score (nSPS) is 10.9. The van der Waals surface area contributed by atoms with E-state index >= 15 is 0 Å². The number of rotatable bonds is 6. The van der Waals surface area contributed by atoms with Crippen molar-refractivity contribution < 1.29 is 23.4 Å². The molecular formula is C25H18ClF2NO3. The first-order chi connectivity index (χ1) is 15.3. The molecule has 32 heavy (non-hydrogen) atoms. The van der Waals surface area contributed by atoms with Crippen molar-refractivity contribution >= 4 is 17.6 Å². The molecule has 0 amide bonds. The van der Waals surface area contributed by atoms with E-state index in [1.807, 2.05) is 23.6 Å². The number of hydrogen-bond acceptors (Lipinski definition) is 2. The second kappa shape index (κ2) is 8.85. The fourth-order valence-electron chi connectivity index (χ4n) is 3.48. The van der Waals surface area contributed by atoms with Crippen LogP contribution in [0.3, 0.4) is 0 Å². The molecule has 0 aliphatic heterocycles. The van der Waals surface area contributed by atoms with E-state index in [-0.39, 0.29) is 12.4 Å². The van der Waals surface area contributed by atoms with Gasteiger partial charge in [0.05, 0.1) is 11.3 Å². The maximum atomic E-state index is 13.9. The third-order valence-electron chi connectivity index (χ3n) is 5.04. The summed E-state index contributed by atoms with van der Waals surface area (Å²) >= 11 is 6.26. The average Bonchev–Trinajstić information content (AvgIpc) is 3.15. The predicted molar refractivity (Wildman–Crippen MR) is 119 cm³/mol. The molecule has 0 saturated heterocycles. The lowest BCUT2D eigenvalue weighted by molar-refractivity contribution is 0.0692. The first-order valence-corrected chi connectivity index (χ1v) is 10.1. The van der Waals surface area contributed by atoms with Gasteiger partial charge in [-0.2, -0.15) is 0 Å². The lowest BCUT2D eigenvalue weighted by atomic mass is 10.1. The van der Waals surface area contributed by atoms with Crippen LogP contribution in [-0.2, 0) is 6.61 Å². The Morgan fingerprint density at radius 2 is 1.75 bits per heavy atom. The summed E-state index contributed by atoms with van der Waals surface area (Å²) < 4.78 is 34.9. The average molecular weight is 454 g/mol. The number of aryl methyl sites for hydroxylation is 1. The molecule has 1 N–H and O–H groups in total. The highest BCUT2D eigenvalue weighted by Gasteiger charge is 2.18. The molecule has 162 valence electrons. The zero-order valence-corrected chi connectivity index (χ0v) is 17.7. The third-order valence-corrected chi connectivity index (χ3v) is 5.27. The maximum absolute atomic E-state index is 13.9. The van der Waals surface area contributed by atoms with Gasteiger partial charge in [-0.05, 0) is 73.2 Å². The van der Waals surface area contributed by atoms with Crippen molar-refractivity contribution in [3.63, 3.8) is 0 Å². The summed E-state index contributed by atoms with van der Waals surface area (Å²) in [5.41, 5.74) is 3.05. The van der Waals surface area contributed by atoms with Gasteiger partial charge in [0.2, 0.25) is 0 Å². The first-order valence-electron chi connectivity index (χ1n) is 9.72. The lowest BCUT2D eigenvalue weighted by Gasteiger charge is -2.17. The number of benzene rings is 3. The minimum Gasteiger partial charge on any atom is -0.488 e. The van der Waals surface area contributed by atoms with Crippen LogP contribution in [0.5, 0.6) is 5.75 Å². The lowest BCUT2D eigenvalue weighted by Crippen LogP contribution is -2.06. The number of carboxylic acid groups (broad SMARTS) is 1. The molecule has 0 atom stereocenters. The number of carbonyl (C=O) groups is 1. The van der Waals surface area contributed by atoms with Gasteiger partial charge < -0.3 is 14.4 Å². The van der Waals surface area contributed by atoms with Gasteiger partial charge in [0.1, 0.15) is 24.0 Å². The van der Waals surface area contributed by atoms with Crippen LogP contribution < -0.4 is 4.74 Å². The molecule has 0 aliphatic rings. The van der Waals surface area contributed by atoms with Crippen LogP contribution in [0.25, 0.3) is 16.9 Å². The van der Waals surface area contributed by atoms with Gasteiger partial charge in [-0.3, -0.25) is 0 Å². The van der Waals surface area contributed by atoms with E-state index in [1.54, 1.807) is 30.3 Å². The number of nitrogens with zero attached hydrogens (tertiary/aromatic N) is 1. The minimum atomic E-state index is -1.35. The Bertz CT molecular complexity index is 1300. The highest BCUT2D eigenvalue weighted by atomic mass is 35.5. The molecule has 0 aliphatic carbocycles. The number of hydrogen-bond donors (Lipinski definition) is 1. The molecule has 0 spiro atoms. The number of ether oxygens (including phenoxy) is 1. The Balaban J connectivity index is 1.77. The van der Waals surface area contributed by atoms with Gasteiger partial charge in [0.25, 0.3) is 0 Å². The van der Waals surface area contributed by atoms with Crippen molar-refractivity contribution in [1.82, 2.24) is 4.57 Å². The molecule has 4 aromatic rings. The van der Waals surface area contributed by atoms with Crippen LogP contribution in [0.1, 0.15) is 21.6 Å². The zero-order valence-electron chi connectivity index (χ0n) is 17.0. The van der Waals surface area contributed by atoms with Gasteiger partial charge in [0, 0.05) is 22.0 Å². The molecule has 0 unspecified atom stereocenters. The Hall–Kier alpha value is -3.64. The standard InChI is InChI=1S/C25H18ClF2NO3/c1-15-2-10-23(29(15)19-8-9-22(28)20(13-19)25(30)31)21-12-17(26)5-11-24(21)32-14-16-3-6-18(27)7-4-16/h2-13H,14H2,1H3,(H,30,31). The second-order valence-electron chi connectivity index (χ2n) is 7.22. The van der Waals surface area contributed by atoms with Crippen molar-refractivity contribution in [3.05, 3.63) is 106 Å². The smallest absolute Gasteiger partial charge is 0.338 e. The first kappa shape index (κ1) is 21.6. The fraction of sp³-hybridized carbons (Fsp3) is 0.0800. The molecule has 4 nitrogen and oxygen atoms in total. The van der Waals surface area contributed by atoms with Crippen molar-refractivity contribution in [1.29, 1.82) is 0 Å². The van der Waals surface area contributed by atoms with Gasteiger partial charge in [-0.1, -0.05) is 23.7 Å². The third kappa shape index (κ3) is 4.36. The summed E-state index contributed by atoms with van der Waals surface area (Å²) in [7, 11) is 0. The molecule has 0 bridgehead atoms. The topological polar surface area (TPSA) is 51.5 Å². The predicted octanol–water partition coefficient (Wildman–Crippen LogP) is 6.66. The van der Waals surface area contributed by atoms with E-state index in [0.29, 0.717) is 27.7 Å². The van der Waals surface area contributed by atoms with Gasteiger partial charge in [-0.25, -0.2) is 13.6 Å². The second-order valence-corrected chi connectivity index (χ2v) is 7.66. The monoisotopic (exact) mass is 453 g/mol. The largest absolute Gasteiger partial charge is 0.488 e. The Kier molecular flexibility index (Phi) is 5.97. The number of aromatic nitrogens is 1. The molecule has 3 aromatic carbocycles. The molecule has 4 rings (SSSR count). The van der Waals surface area contributed by atoms with Crippen LogP contribution in [0, 0.1) is 18.6 Å². The van der Waals surface area contributed by atoms with Gasteiger partial charge in [0.15, 0.2) is 0 Å². The minimum absolute atomic E-state index is 0.217. The van der Waals surface area contributed by atoms with Crippen molar-refractivity contribution in [2.24, 2.45) is 0 Å². The van der Waals surface area contributed by atoms with Crippen LogP contribution in [0.2, 0.25) is 5.02 Å². The van der Waals surface area contributed by atoms with E-state index in [2.05, 4.69) is 0 Å². The number of halogens is 3. The quantitative estimate of drug-likeness (QED) is 0.355. The highest BCUT2D eigenvalue weighted by molar-refractivity contribution is 6.31. The van der Waals surface area contributed by atoms with Crippen LogP contribution in [-0.4, -0.2) is 15.6 Å². The zero-order chi connectivity index (χ0) is 22.8. The van der Waals surface area contributed by atoms with E-state index in [1.165, 1.54) is 24.3 Å². The number of carboxylic acids is 1. The molecule has 0 fully saturated rings. The molecule has 1 heterocycles. The highest BCUT2D eigenvalue weighted by Crippen LogP contribution is 2.36. The number of aromatic carboxylic acids is 1. The SMILES string of the molecule is Cc1ccc(-c2cc(Cl)ccc2OCc2ccc(F)cc2)n1-c1ccc(F)c(C(=O)O)c1. The molecule has 1 aromatic heterocycles. The van der Waals surface area contributed by atoms with E-state index < -0.39 is 17.3 Å².